The minimum Gasteiger partial charge on any atom is -0.508 e. The van der Waals surface area contributed by atoms with Crippen molar-refractivity contribution in [1.29, 1.82) is 0 Å². The molecular formula is C25H24FN5O. The van der Waals surface area contributed by atoms with Crippen LogP contribution in [0.3, 0.4) is 0 Å². The molecule has 5 rings (SSSR count). The number of pyridine rings is 1. The molecule has 0 unspecified atom stereocenters. The van der Waals surface area contributed by atoms with Gasteiger partial charge in [0, 0.05) is 29.1 Å². The van der Waals surface area contributed by atoms with E-state index in [9.17, 15) is 9.50 Å². The molecule has 0 atom stereocenters. The van der Waals surface area contributed by atoms with Crippen LogP contribution in [-0.4, -0.2) is 32.7 Å². The van der Waals surface area contributed by atoms with Gasteiger partial charge in [-0.15, -0.1) is 0 Å². The second kappa shape index (κ2) is 8.80. The van der Waals surface area contributed by atoms with Gasteiger partial charge in [-0.25, -0.2) is 14.4 Å². The summed E-state index contributed by atoms with van der Waals surface area (Å²) >= 11 is 0. The molecule has 2 aromatic carbocycles. The lowest BCUT2D eigenvalue weighted by molar-refractivity contribution is 0.370. The van der Waals surface area contributed by atoms with E-state index in [2.05, 4.69) is 20.2 Å². The maximum atomic E-state index is 13.5. The van der Waals surface area contributed by atoms with Gasteiger partial charge in [0.05, 0.1) is 17.7 Å². The number of aromatic hydroxyl groups is 1. The number of aromatic nitrogens is 3. The van der Waals surface area contributed by atoms with Crippen molar-refractivity contribution in [2.24, 2.45) is 0 Å². The van der Waals surface area contributed by atoms with Crippen LogP contribution in [0.15, 0.2) is 73.2 Å². The number of nitrogens with one attached hydrogen (secondary N) is 2. The van der Waals surface area contributed by atoms with Crippen LogP contribution in [0, 0.1) is 5.82 Å². The molecule has 0 saturated carbocycles. The number of rotatable bonds is 5. The summed E-state index contributed by atoms with van der Waals surface area (Å²) in [6.07, 6.45) is 5.72. The van der Waals surface area contributed by atoms with Crippen LogP contribution in [0.5, 0.6) is 5.75 Å². The summed E-state index contributed by atoms with van der Waals surface area (Å²) < 4.78 is 15.8. The number of piperidine rings is 1. The predicted octanol–water partition coefficient (Wildman–Crippen LogP) is 5.12. The summed E-state index contributed by atoms with van der Waals surface area (Å²) in [4.78, 5) is 9.20. The fraction of sp³-hybridized carbons (Fsp3) is 0.200. The summed E-state index contributed by atoms with van der Waals surface area (Å²) in [7, 11) is 0. The number of imidazole rings is 1. The monoisotopic (exact) mass is 429 g/mol. The molecule has 6 nitrogen and oxygen atoms in total. The van der Waals surface area contributed by atoms with Gasteiger partial charge in [0.2, 0.25) is 0 Å². The number of halogens is 1. The van der Waals surface area contributed by atoms with Gasteiger partial charge < -0.3 is 20.3 Å². The maximum absolute atomic E-state index is 13.5. The Morgan fingerprint density at radius 2 is 1.69 bits per heavy atom. The zero-order chi connectivity index (χ0) is 21.9. The molecule has 3 N–H and O–H groups in total. The highest BCUT2D eigenvalue weighted by Gasteiger charge is 2.22. The van der Waals surface area contributed by atoms with E-state index in [4.69, 9.17) is 4.98 Å². The summed E-state index contributed by atoms with van der Waals surface area (Å²) in [6.45, 7) is 1.94. The third kappa shape index (κ3) is 4.20. The number of benzene rings is 2. The van der Waals surface area contributed by atoms with Crippen molar-refractivity contribution in [2.45, 2.75) is 18.9 Å². The smallest absolute Gasteiger partial charge is 0.130 e. The van der Waals surface area contributed by atoms with Crippen molar-refractivity contribution in [3.8, 4) is 28.3 Å². The van der Waals surface area contributed by atoms with Gasteiger partial charge >= 0.3 is 0 Å². The Bertz CT molecular complexity index is 1200. The van der Waals surface area contributed by atoms with Crippen molar-refractivity contribution in [1.82, 2.24) is 19.9 Å². The fourth-order valence-electron chi connectivity index (χ4n) is 4.17. The molecule has 0 bridgehead atoms. The van der Waals surface area contributed by atoms with Crippen LogP contribution in [-0.2, 0) is 0 Å². The lowest BCUT2D eigenvalue weighted by Crippen LogP contribution is -2.29. The molecule has 3 heterocycles. The molecule has 32 heavy (non-hydrogen) atoms. The van der Waals surface area contributed by atoms with E-state index in [-0.39, 0.29) is 11.6 Å². The van der Waals surface area contributed by atoms with Crippen LogP contribution in [0.2, 0.25) is 0 Å². The Morgan fingerprint density at radius 1 is 0.938 bits per heavy atom. The number of nitrogens with zero attached hydrogens (tertiary/aromatic N) is 3. The third-order valence-corrected chi connectivity index (χ3v) is 5.79. The largest absolute Gasteiger partial charge is 0.508 e. The van der Waals surface area contributed by atoms with E-state index < -0.39 is 0 Å². The molecule has 0 spiro atoms. The van der Waals surface area contributed by atoms with E-state index in [1.165, 1.54) is 12.1 Å². The molecule has 1 aliphatic rings. The van der Waals surface area contributed by atoms with Crippen LogP contribution in [0.25, 0.3) is 22.5 Å². The molecule has 0 amide bonds. The average Bonchev–Trinajstić information content (AvgIpc) is 3.27. The molecule has 1 saturated heterocycles. The highest BCUT2D eigenvalue weighted by atomic mass is 19.1. The summed E-state index contributed by atoms with van der Waals surface area (Å²) in [6, 6.07) is 17.6. The highest BCUT2D eigenvalue weighted by molar-refractivity contribution is 5.80. The van der Waals surface area contributed by atoms with Crippen molar-refractivity contribution >= 4 is 11.5 Å². The average molecular weight is 429 g/mol. The Kier molecular flexibility index (Phi) is 5.56. The SMILES string of the molecule is Oc1ccc(Nc2cc(-c3c(-c4ccc(F)cc4)ncn3C3CCNCC3)ccn2)cc1. The third-order valence-electron chi connectivity index (χ3n) is 5.79. The second-order valence-corrected chi connectivity index (χ2v) is 7.94. The van der Waals surface area contributed by atoms with Gasteiger partial charge in [0.25, 0.3) is 0 Å². The number of hydrogen-bond donors (Lipinski definition) is 3. The van der Waals surface area contributed by atoms with Crippen molar-refractivity contribution in [3.05, 3.63) is 79.0 Å². The lowest BCUT2D eigenvalue weighted by Gasteiger charge is -2.26. The second-order valence-electron chi connectivity index (χ2n) is 7.94. The molecule has 1 aliphatic heterocycles. The summed E-state index contributed by atoms with van der Waals surface area (Å²) in [5.74, 6) is 0.640. The summed E-state index contributed by atoms with van der Waals surface area (Å²) in [5, 5.41) is 16.2. The van der Waals surface area contributed by atoms with Crippen LogP contribution in [0.4, 0.5) is 15.9 Å². The molecular weight excluding hydrogens is 405 g/mol. The van der Waals surface area contributed by atoms with Crippen molar-refractivity contribution < 1.29 is 9.50 Å². The van der Waals surface area contributed by atoms with E-state index in [0.29, 0.717) is 11.9 Å². The summed E-state index contributed by atoms with van der Waals surface area (Å²) in [5.41, 5.74) is 4.51. The van der Waals surface area contributed by atoms with Gasteiger partial charge in [-0.2, -0.15) is 0 Å². The van der Waals surface area contributed by atoms with E-state index >= 15 is 0 Å². The molecule has 1 fully saturated rings. The molecule has 0 radical (unpaired) electrons. The standard InChI is InChI=1S/C25H24FN5O/c26-19-3-1-17(2-4-19)24-25(31(16-29-24)21-10-12-27-13-11-21)18-9-14-28-23(15-18)30-20-5-7-22(32)8-6-20/h1-9,14-16,21,27,32H,10-13H2,(H,28,30). The predicted molar refractivity (Wildman–Crippen MR) is 123 cm³/mol. The Balaban J connectivity index is 1.57. The first-order valence-corrected chi connectivity index (χ1v) is 10.7. The lowest BCUT2D eigenvalue weighted by atomic mass is 10.0. The van der Waals surface area contributed by atoms with Gasteiger partial charge in [-0.05, 0) is 86.6 Å². The first kappa shape index (κ1) is 20.2. The minimum absolute atomic E-state index is 0.215. The van der Waals surface area contributed by atoms with Gasteiger partial charge in [-0.1, -0.05) is 0 Å². The van der Waals surface area contributed by atoms with Gasteiger partial charge in [0.15, 0.2) is 0 Å². The fourth-order valence-corrected chi connectivity index (χ4v) is 4.17. The first-order valence-electron chi connectivity index (χ1n) is 10.7. The van der Waals surface area contributed by atoms with E-state index in [1.54, 1.807) is 42.6 Å². The Hall–Kier alpha value is -3.71. The van der Waals surface area contributed by atoms with Crippen LogP contribution >= 0.6 is 0 Å². The van der Waals surface area contributed by atoms with E-state index in [1.807, 2.05) is 18.5 Å². The van der Waals surface area contributed by atoms with Crippen LogP contribution < -0.4 is 10.6 Å². The van der Waals surface area contributed by atoms with Gasteiger partial charge in [-0.3, -0.25) is 0 Å². The topological polar surface area (TPSA) is 75.0 Å². The maximum Gasteiger partial charge on any atom is 0.130 e. The number of hydrogen-bond acceptors (Lipinski definition) is 5. The molecule has 0 aliphatic carbocycles. The van der Waals surface area contributed by atoms with Gasteiger partial charge in [0.1, 0.15) is 17.4 Å². The number of anilines is 2. The van der Waals surface area contributed by atoms with Crippen LogP contribution in [0.1, 0.15) is 18.9 Å². The number of phenols is 1. The van der Waals surface area contributed by atoms with Crippen molar-refractivity contribution in [3.63, 3.8) is 0 Å². The quantitative estimate of drug-likeness (QED) is 0.384. The normalized spacial score (nSPS) is 14.4. The molecule has 2 aromatic heterocycles. The molecule has 7 heteroatoms. The van der Waals surface area contributed by atoms with Crippen molar-refractivity contribution in [2.75, 3.05) is 18.4 Å². The minimum atomic E-state index is -0.266. The Morgan fingerprint density at radius 3 is 2.44 bits per heavy atom. The first-order chi connectivity index (χ1) is 15.7. The zero-order valence-electron chi connectivity index (χ0n) is 17.5. The number of phenolic OH excluding ortho intramolecular Hbond substituents is 1. The van der Waals surface area contributed by atoms with E-state index in [0.717, 1.165) is 54.1 Å². The molecule has 162 valence electrons. The zero-order valence-corrected chi connectivity index (χ0v) is 17.5. The highest BCUT2D eigenvalue weighted by Crippen LogP contribution is 2.36. The Labute approximate surface area is 185 Å². The molecule has 4 aromatic rings.